The predicted octanol–water partition coefficient (Wildman–Crippen LogP) is 1.24. The topological polar surface area (TPSA) is 48.1 Å². The van der Waals surface area contributed by atoms with Crippen molar-refractivity contribution in [1.82, 2.24) is 19.9 Å². The average Bonchev–Trinajstić information content (AvgIpc) is 2.85. The number of hydrogen-bond donors (Lipinski definition) is 4. The third kappa shape index (κ3) is 4.96. The summed E-state index contributed by atoms with van der Waals surface area (Å²) in [5.41, 5.74) is 0. The zero-order chi connectivity index (χ0) is 22.9. The first-order valence-electron chi connectivity index (χ1n) is 11.9. The van der Waals surface area contributed by atoms with Crippen LogP contribution in [-0.4, -0.2) is 43.0 Å². The van der Waals surface area contributed by atoms with Gasteiger partial charge in [0.25, 0.3) is 16.8 Å². The van der Waals surface area contributed by atoms with Gasteiger partial charge in [-0.15, -0.1) is 0 Å². The Kier molecular flexibility index (Phi) is 8.98. The van der Waals surface area contributed by atoms with E-state index in [0.29, 0.717) is 0 Å². The Balaban J connectivity index is 2.12. The maximum atomic E-state index is 3.88. The lowest BCUT2D eigenvalue weighted by Crippen LogP contribution is -2.79. The predicted molar refractivity (Wildman–Crippen MR) is 144 cm³/mol. The van der Waals surface area contributed by atoms with E-state index in [-0.39, 0.29) is 0 Å². The van der Waals surface area contributed by atoms with Gasteiger partial charge < -0.3 is 19.9 Å². The SMILES string of the molecule is CCN[Si](NCC)(c1ccccc1)c1ccc([Si](NCC)(NCC)c2ccccc2)cc1. The van der Waals surface area contributed by atoms with Gasteiger partial charge >= 0.3 is 0 Å². The van der Waals surface area contributed by atoms with Crippen LogP contribution in [0.25, 0.3) is 0 Å². The number of nitrogens with one attached hydrogen (secondary N) is 4. The average molecular weight is 463 g/mol. The summed E-state index contributed by atoms with van der Waals surface area (Å²) in [6, 6.07) is 31.2. The fourth-order valence-electron chi connectivity index (χ4n) is 4.68. The normalized spacial score (nSPS) is 12.1. The van der Waals surface area contributed by atoms with Crippen LogP contribution in [-0.2, 0) is 0 Å². The van der Waals surface area contributed by atoms with Crippen LogP contribution in [0.2, 0.25) is 0 Å². The summed E-state index contributed by atoms with van der Waals surface area (Å²) in [5.74, 6) is 0. The first-order valence-corrected chi connectivity index (χ1v) is 15.9. The van der Waals surface area contributed by atoms with Crippen LogP contribution in [0.15, 0.2) is 84.9 Å². The molecule has 3 rings (SSSR count). The van der Waals surface area contributed by atoms with Crippen LogP contribution < -0.4 is 40.7 Å². The van der Waals surface area contributed by atoms with Gasteiger partial charge in [-0.2, -0.15) is 0 Å². The van der Waals surface area contributed by atoms with E-state index < -0.39 is 16.8 Å². The molecule has 0 spiro atoms. The van der Waals surface area contributed by atoms with Gasteiger partial charge in [0.15, 0.2) is 0 Å². The van der Waals surface area contributed by atoms with Gasteiger partial charge in [0.1, 0.15) is 0 Å². The van der Waals surface area contributed by atoms with Crippen LogP contribution in [0.1, 0.15) is 27.7 Å². The summed E-state index contributed by atoms with van der Waals surface area (Å²) in [5, 5.41) is 5.45. The fourth-order valence-corrected chi connectivity index (χ4v) is 12.1. The Hall–Kier alpha value is -2.07. The molecule has 0 heterocycles. The highest BCUT2D eigenvalue weighted by atomic mass is 28.4. The largest absolute Gasteiger partial charge is 0.319 e. The second kappa shape index (κ2) is 11.7. The maximum Gasteiger partial charge on any atom is 0.267 e. The Morgan fingerprint density at radius 2 is 0.656 bits per heavy atom. The van der Waals surface area contributed by atoms with E-state index in [1.165, 1.54) is 20.7 Å². The molecule has 4 nitrogen and oxygen atoms in total. The molecule has 4 N–H and O–H groups in total. The molecular weight excluding hydrogens is 424 g/mol. The molecule has 6 heteroatoms. The maximum absolute atomic E-state index is 3.88. The van der Waals surface area contributed by atoms with E-state index in [0.717, 1.165) is 26.2 Å². The van der Waals surface area contributed by atoms with Gasteiger partial charge in [0.05, 0.1) is 0 Å². The Labute approximate surface area is 196 Å². The van der Waals surface area contributed by atoms with Crippen molar-refractivity contribution in [1.29, 1.82) is 0 Å². The van der Waals surface area contributed by atoms with E-state index in [9.17, 15) is 0 Å². The highest BCUT2D eigenvalue weighted by molar-refractivity contribution is 7.00. The molecule has 32 heavy (non-hydrogen) atoms. The van der Waals surface area contributed by atoms with E-state index >= 15 is 0 Å². The second-order valence-corrected chi connectivity index (χ2v) is 14.7. The molecule has 0 aromatic heterocycles. The smallest absolute Gasteiger partial charge is 0.267 e. The summed E-state index contributed by atoms with van der Waals surface area (Å²) >= 11 is 0. The van der Waals surface area contributed by atoms with Crippen LogP contribution in [0.5, 0.6) is 0 Å². The molecule has 0 atom stereocenters. The van der Waals surface area contributed by atoms with Gasteiger partial charge in [-0.1, -0.05) is 113 Å². The minimum absolute atomic E-state index is 0.924. The molecule has 0 aliphatic carbocycles. The van der Waals surface area contributed by atoms with Crippen molar-refractivity contribution in [2.45, 2.75) is 27.7 Å². The fraction of sp³-hybridized carbons (Fsp3) is 0.308. The summed E-state index contributed by atoms with van der Waals surface area (Å²) in [7, 11) is -4.54. The molecule has 0 saturated carbocycles. The monoisotopic (exact) mass is 462 g/mol. The molecule has 0 aliphatic rings. The molecule has 0 bridgehead atoms. The number of hydrogen-bond acceptors (Lipinski definition) is 4. The van der Waals surface area contributed by atoms with Crippen molar-refractivity contribution in [2.75, 3.05) is 26.2 Å². The highest BCUT2D eigenvalue weighted by Crippen LogP contribution is 2.03. The third-order valence-corrected chi connectivity index (χ3v) is 14.3. The summed E-state index contributed by atoms with van der Waals surface area (Å²) in [4.78, 5) is 15.5. The Morgan fingerprint density at radius 1 is 0.406 bits per heavy atom. The van der Waals surface area contributed by atoms with E-state index in [2.05, 4.69) is 133 Å². The lowest BCUT2D eigenvalue weighted by Gasteiger charge is -2.36. The Bertz CT molecular complexity index is 843. The molecule has 0 saturated heterocycles. The highest BCUT2D eigenvalue weighted by Gasteiger charge is 2.40. The third-order valence-electron chi connectivity index (χ3n) is 5.93. The quantitative estimate of drug-likeness (QED) is 0.306. The van der Waals surface area contributed by atoms with Crippen LogP contribution in [0, 0.1) is 0 Å². The first-order chi connectivity index (χ1) is 15.7. The molecule has 3 aromatic rings. The second-order valence-electron chi connectivity index (χ2n) is 7.93. The lowest BCUT2D eigenvalue weighted by atomic mass is 10.3. The number of benzene rings is 3. The summed E-state index contributed by atoms with van der Waals surface area (Å²) < 4.78 is 0. The van der Waals surface area contributed by atoms with Gasteiger partial charge in [0, 0.05) is 0 Å². The molecular formula is C26H38N4Si2. The van der Waals surface area contributed by atoms with Crippen LogP contribution in [0.4, 0.5) is 0 Å². The van der Waals surface area contributed by atoms with Crippen LogP contribution in [0.3, 0.4) is 0 Å². The van der Waals surface area contributed by atoms with Crippen molar-refractivity contribution in [3.05, 3.63) is 84.9 Å². The van der Waals surface area contributed by atoms with Crippen molar-refractivity contribution < 1.29 is 0 Å². The minimum Gasteiger partial charge on any atom is -0.319 e. The minimum atomic E-state index is -2.27. The van der Waals surface area contributed by atoms with E-state index in [4.69, 9.17) is 0 Å². The molecule has 0 unspecified atom stereocenters. The zero-order valence-electron chi connectivity index (χ0n) is 19.9. The zero-order valence-corrected chi connectivity index (χ0v) is 21.9. The van der Waals surface area contributed by atoms with E-state index in [1.54, 1.807) is 0 Å². The van der Waals surface area contributed by atoms with Crippen molar-refractivity contribution in [3.8, 4) is 0 Å². The lowest BCUT2D eigenvalue weighted by molar-refractivity contribution is 0.883. The molecule has 0 amide bonds. The van der Waals surface area contributed by atoms with E-state index in [1.807, 2.05) is 0 Å². The Morgan fingerprint density at radius 3 is 0.906 bits per heavy atom. The van der Waals surface area contributed by atoms with Gasteiger partial charge in [0.2, 0.25) is 0 Å². The van der Waals surface area contributed by atoms with Crippen molar-refractivity contribution >= 4 is 37.5 Å². The summed E-state index contributed by atoms with van der Waals surface area (Å²) in [6.07, 6.45) is 0. The van der Waals surface area contributed by atoms with Gasteiger partial charge in [-0.25, -0.2) is 0 Å². The van der Waals surface area contributed by atoms with Crippen LogP contribution >= 0.6 is 0 Å². The molecule has 3 aromatic carbocycles. The van der Waals surface area contributed by atoms with Crippen molar-refractivity contribution in [3.63, 3.8) is 0 Å². The van der Waals surface area contributed by atoms with Gasteiger partial charge in [-0.3, -0.25) is 0 Å². The molecule has 0 aliphatic heterocycles. The van der Waals surface area contributed by atoms with Crippen molar-refractivity contribution in [2.24, 2.45) is 0 Å². The summed E-state index contributed by atoms with van der Waals surface area (Å²) in [6.45, 7) is 12.5. The van der Waals surface area contributed by atoms with Gasteiger partial charge in [-0.05, 0) is 46.9 Å². The standard InChI is InChI=1S/C26H38N4Si2/c1-5-27-31(28-6-2,23-15-11-9-12-16-23)25-19-21-26(22-20-25)32(29-7-3,30-8-4)24-17-13-10-14-18-24/h9-22,27-30H,5-8H2,1-4H3. The molecule has 0 radical (unpaired) electrons. The first kappa shape index (κ1) is 24.6. The molecule has 170 valence electrons. The molecule has 0 fully saturated rings. The number of rotatable bonds is 12.